The van der Waals surface area contributed by atoms with Crippen molar-refractivity contribution in [2.45, 2.75) is 51.1 Å². The van der Waals surface area contributed by atoms with Crippen LogP contribution in [0.3, 0.4) is 0 Å². The first-order chi connectivity index (χ1) is 12.1. The van der Waals surface area contributed by atoms with Gasteiger partial charge < -0.3 is 25.3 Å². The maximum absolute atomic E-state index is 12.3. The van der Waals surface area contributed by atoms with E-state index in [0.717, 1.165) is 12.0 Å². The first-order valence-corrected chi connectivity index (χ1v) is 8.91. The van der Waals surface area contributed by atoms with Crippen LogP contribution in [0.25, 0.3) is 0 Å². The Balaban J connectivity index is 1.94. The topological polar surface area (TPSA) is 82.8 Å². The molecule has 1 aromatic rings. The van der Waals surface area contributed by atoms with Gasteiger partial charge in [0, 0.05) is 6.54 Å². The van der Waals surface area contributed by atoms with Gasteiger partial charge >= 0.3 is 0 Å². The smallest absolute Gasteiger partial charge is 0.237 e. The number of ether oxygens (including phenoxy) is 3. The number of hydrogen-bond donors (Lipinski definition) is 2. The van der Waals surface area contributed by atoms with Gasteiger partial charge in [0.05, 0.1) is 27.4 Å². The van der Waals surface area contributed by atoms with E-state index >= 15 is 0 Å². The average molecular weight is 350 g/mol. The monoisotopic (exact) mass is 350 g/mol. The molecule has 0 radical (unpaired) electrons. The zero-order valence-electron chi connectivity index (χ0n) is 15.5. The molecule has 2 rings (SSSR count). The molecule has 0 aromatic heterocycles. The number of hydrogen-bond acceptors (Lipinski definition) is 5. The molecule has 1 aliphatic rings. The lowest BCUT2D eigenvalue weighted by molar-refractivity contribution is -0.123. The number of methoxy groups -OCH3 is 3. The molecule has 6 nitrogen and oxygen atoms in total. The lowest BCUT2D eigenvalue weighted by Gasteiger charge is -2.24. The van der Waals surface area contributed by atoms with Crippen molar-refractivity contribution in [2.75, 3.05) is 21.3 Å². The molecule has 1 fully saturated rings. The predicted octanol–water partition coefficient (Wildman–Crippen LogP) is 2.63. The van der Waals surface area contributed by atoms with E-state index in [4.69, 9.17) is 19.9 Å². The lowest BCUT2D eigenvalue weighted by atomic mass is 9.85. The van der Waals surface area contributed by atoms with Crippen molar-refractivity contribution in [3.05, 3.63) is 17.7 Å². The Bertz CT molecular complexity index is 546. The molecule has 0 spiro atoms. The zero-order chi connectivity index (χ0) is 18.2. The summed E-state index contributed by atoms with van der Waals surface area (Å²) < 4.78 is 16.0. The highest BCUT2D eigenvalue weighted by Crippen LogP contribution is 2.38. The maximum Gasteiger partial charge on any atom is 0.237 e. The number of amides is 1. The molecule has 0 aliphatic heterocycles. The largest absolute Gasteiger partial charge is 0.493 e. The van der Waals surface area contributed by atoms with E-state index in [2.05, 4.69) is 5.32 Å². The summed E-state index contributed by atoms with van der Waals surface area (Å²) in [6.07, 6.45) is 6.96. The van der Waals surface area contributed by atoms with Crippen molar-refractivity contribution < 1.29 is 19.0 Å². The highest BCUT2D eigenvalue weighted by molar-refractivity contribution is 5.81. The third-order valence-corrected chi connectivity index (χ3v) is 4.84. The van der Waals surface area contributed by atoms with Gasteiger partial charge in [-0.05, 0) is 30.0 Å². The van der Waals surface area contributed by atoms with Crippen molar-refractivity contribution in [2.24, 2.45) is 11.7 Å². The molecule has 1 amide bonds. The number of benzene rings is 1. The Labute approximate surface area is 150 Å². The summed E-state index contributed by atoms with van der Waals surface area (Å²) in [7, 11) is 4.70. The third kappa shape index (κ3) is 5.26. The van der Waals surface area contributed by atoms with Crippen molar-refractivity contribution in [1.82, 2.24) is 5.32 Å². The number of carbonyl (C=O) groups excluding carboxylic acids is 1. The Hall–Kier alpha value is -1.95. The van der Waals surface area contributed by atoms with Gasteiger partial charge in [-0.3, -0.25) is 4.79 Å². The molecule has 1 aliphatic carbocycles. The van der Waals surface area contributed by atoms with Gasteiger partial charge in [-0.1, -0.05) is 32.1 Å². The second-order valence-electron chi connectivity index (χ2n) is 6.60. The van der Waals surface area contributed by atoms with Gasteiger partial charge in [0.2, 0.25) is 11.7 Å². The molecule has 6 heteroatoms. The second kappa shape index (κ2) is 9.51. The number of rotatable bonds is 8. The van der Waals surface area contributed by atoms with Crippen LogP contribution in [0.2, 0.25) is 0 Å². The van der Waals surface area contributed by atoms with Gasteiger partial charge in [0.15, 0.2) is 11.5 Å². The molecular weight excluding hydrogens is 320 g/mol. The van der Waals surface area contributed by atoms with Crippen LogP contribution in [-0.2, 0) is 11.3 Å². The second-order valence-corrected chi connectivity index (χ2v) is 6.60. The van der Waals surface area contributed by atoms with E-state index in [-0.39, 0.29) is 5.91 Å². The zero-order valence-corrected chi connectivity index (χ0v) is 15.5. The minimum atomic E-state index is -0.454. The first-order valence-electron chi connectivity index (χ1n) is 8.91. The molecule has 3 N–H and O–H groups in total. The van der Waals surface area contributed by atoms with E-state index in [9.17, 15) is 4.79 Å². The van der Waals surface area contributed by atoms with Crippen LogP contribution in [0, 0.1) is 5.92 Å². The van der Waals surface area contributed by atoms with E-state index in [0.29, 0.717) is 29.7 Å². The van der Waals surface area contributed by atoms with E-state index < -0.39 is 6.04 Å². The van der Waals surface area contributed by atoms with Crippen molar-refractivity contribution in [1.29, 1.82) is 0 Å². The molecule has 1 aromatic carbocycles. The van der Waals surface area contributed by atoms with Gasteiger partial charge in [-0.25, -0.2) is 0 Å². The minimum Gasteiger partial charge on any atom is -0.493 e. The molecule has 140 valence electrons. The summed E-state index contributed by atoms with van der Waals surface area (Å²) in [6.45, 7) is 0.369. The SMILES string of the molecule is COc1cc(CNC(=O)C(N)CC2CCCCC2)cc(OC)c1OC. The van der Waals surface area contributed by atoms with Crippen LogP contribution < -0.4 is 25.3 Å². The van der Waals surface area contributed by atoms with E-state index in [1.165, 1.54) is 32.1 Å². The lowest BCUT2D eigenvalue weighted by Crippen LogP contribution is -2.41. The van der Waals surface area contributed by atoms with Crippen LogP contribution >= 0.6 is 0 Å². The Morgan fingerprint density at radius 1 is 1.12 bits per heavy atom. The summed E-state index contributed by atoms with van der Waals surface area (Å²) in [5, 5.41) is 2.91. The Morgan fingerprint density at radius 2 is 1.72 bits per heavy atom. The summed E-state index contributed by atoms with van der Waals surface area (Å²) in [5.74, 6) is 2.14. The molecule has 1 unspecified atom stereocenters. The summed E-state index contributed by atoms with van der Waals surface area (Å²) in [4.78, 5) is 12.3. The normalized spacial score (nSPS) is 16.2. The molecular formula is C19H30N2O4. The third-order valence-electron chi connectivity index (χ3n) is 4.84. The van der Waals surface area contributed by atoms with Crippen molar-refractivity contribution in [3.8, 4) is 17.2 Å². The van der Waals surface area contributed by atoms with Crippen LogP contribution in [-0.4, -0.2) is 33.3 Å². The highest BCUT2D eigenvalue weighted by Gasteiger charge is 2.21. The minimum absolute atomic E-state index is 0.112. The van der Waals surface area contributed by atoms with Crippen LogP contribution in [0.1, 0.15) is 44.1 Å². The van der Waals surface area contributed by atoms with Crippen LogP contribution in [0.15, 0.2) is 12.1 Å². The van der Waals surface area contributed by atoms with Crippen LogP contribution in [0.5, 0.6) is 17.2 Å². The highest BCUT2D eigenvalue weighted by atomic mass is 16.5. The quantitative estimate of drug-likeness (QED) is 0.753. The van der Waals surface area contributed by atoms with Gasteiger partial charge in [-0.15, -0.1) is 0 Å². The fourth-order valence-electron chi connectivity index (χ4n) is 3.45. The molecule has 1 atom stereocenters. The molecule has 1 saturated carbocycles. The van der Waals surface area contributed by atoms with Crippen molar-refractivity contribution in [3.63, 3.8) is 0 Å². The Morgan fingerprint density at radius 3 is 2.24 bits per heavy atom. The molecule has 0 heterocycles. The Kier molecular flexibility index (Phi) is 7.37. The fourth-order valence-corrected chi connectivity index (χ4v) is 3.45. The van der Waals surface area contributed by atoms with Crippen LogP contribution in [0.4, 0.5) is 0 Å². The summed E-state index contributed by atoms with van der Waals surface area (Å²) >= 11 is 0. The molecule has 0 saturated heterocycles. The van der Waals surface area contributed by atoms with E-state index in [1.54, 1.807) is 21.3 Å². The standard InChI is InChI=1S/C19H30N2O4/c1-23-16-10-14(11-17(24-2)18(16)25-3)12-21-19(22)15(20)9-13-7-5-4-6-8-13/h10-11,13,15H,4-9,12,20H2,1-3H3,(H,21,22). The number of nitrogens with two attached hydrogens (primary N) is 1. The number of carbonyl (C=O) groups is 1. The van der Waals surface area contributed by atoms with Gasteiger partial charge in [0.1, 0.15) is 0 Å². The summed E-state index contributed by atoms with van der Waals surface area (Å²) in [5.41, 5.74) is 6.96. The van der Waals surface area contributed by atoms with Gasteiger partial charge in [-0.2, -0.15) is 0 Å². The fraction of sp³-hybridized carbons (Fsp3) is 0.632. The van der Waals surface area contributed by atoms with E-state index in [1.807, 2.05) is 12.1 Å². The molecule has 25 heavy (non-hydrogen) atoms. The summed E-state index contributed by atoms with van der Waals surface area (Å²) in [6, 6.07) is 3.20. The van der Waals surface area contributed by atoms with Gasteiger partial charge in [0.25, 0.3) is 0 Å². The predicted molar refractivity (Wildman–Crippen MR) is 97.1 cm³/mol. The number of nitrogens with one attached hydrogen (secondary N) is 1. The maximum atomic E-state index is 12.3. The first kappa shape index (κ1) is 19.4. The molecule has 0 bridgehead atoms. The van der Waals surface area contributed by atoms with Crippen molar-refractivity contribution >= 4 is 5.91 Å². The average Bonchev–Trinajstić information content (AvgIpc) is 2.65.